The summed E-state index contributed by atoms with van der Waals surface area (Å²) in [7, 11) is 0. The van der Waals surface area contributed by atoms with Crippen LogP contribution in [0, 0.1) is 0 Å². The first-order chi connectivity index (χ1) is 9.72. The predicted molar refractivity (Wildman–Crippen MR) is 78.0 cm³/mol. The Morgan fingerprint density at radius 2 is 1.43 bits per heavy atom. The molecule has 1 heterocycles. The average molecular weight is 306 g/mol. The highest BCUT2D eigenvalue weighted by molar-refractivity contribution is 4.93. The van der Waals surface area contributed by atoms with Gasteiger partial charge in [-0.15, -0.1) is 0 Å². The van der Waals surface area contributed by atoms with Crippen molar-refractivity contribution in [2.75, 3.05) is 6.61 Å². The van der Waals surface area contributed by atoms with Gasteiger partial charge < -0.3 is 29.2 Å². The molecular formula is C15H30O6. The van der Waals surface area contributed by atoms with Crippen molar-refractivity contribution < 1.29 is 29.2 Å². The lowest BCUT2D eigenvalue weighted by atomic mass is 10.1. The molecule has 0 bridgehead atoms. The highest BCUT2D eigenvalue weighted by Gasteiger charge is 2.49. The number of hydrogen-bond acceptors (Lipinski definition) is 6. The third-order valence-corrected chi connectivity index (χ3v) is 3.06. The van der Waals surface area contributed by atoms with E-state index in [0.717, 1.165) is 0 Å². The summed E-state index contributed by atoms with van der Waals surface area (Å²) in [5.74, 6) is 0. The van der Waals surface area contributed by atoms with Crippen molar-refractivity contribution in [3.8, 4) is 0 Å². The van der Waals surface area contributed by atoms with Gasteiger partial charge in [-0.1, -0.05) is 0 Å². The average Bonchev–Trinajstić information content (AvgIpc) is 2.63. The molecule has 1 saturated heterocycles. The third-order valence-electron chi connectivity index (χ3n) is 3.06. The molecule has 0 spiro atoms. The number of hydrogen-bond donors (Lipinski definition) is 2. The van der Waals surface area contributed by atoms with Crippen LogP contribution in [0.4, 0.5) is 0 Å². The predicted octanol–water partition coefficient (Wildman–Crippen LogP) is 1.08. The summed E-state index contributed by atoms with van der Waals surface area (Å²) in [5, 5.41) is 20.3. The molecule has 5 atom stereocenters. The van der Waals surface area contributed by atoms with E-state index in [0.29, 0.717) is 0 Å². The first kappa shape index (κ1) is 18.8. The molecule has 0 amide bonds. The van der Waals surface area contributed by atoms with Crippen LogP contribution in [0.25, 0.3) is 0 Å². The zero-order valence-electron chi connectivity index (χ0n) is 13.9. The topological polar surface area (TPSA) is 77.4 Å². The van der Waals surface area contributed by atoms with Crippen molar-refractivity contribution in [1.29, 1.82) is 0 Å². The Kier molecular flexibility index (Phi) is 7.53. The molecule has 6 heteroatoms. The van der Waals surface area contributed by atoms with Gasteiger partial charge in [-0.2, -0.15) is 0 Å². The van der Waals surface area contributed by atoms with Crippen LogP contribution in [0.1, 0.15) is 41.5 Å². The fraction of sp³-hybridized carbons (Fsp3) is 1.00. The van der Waals surface area contributed by atoms with E-state index in [9.17, 15) is 10.2 Å². The van der Waals surface area contributed by atoms with Gasteiger partial charge in [0.05, 0.1) is 24.9 Å². The van der Waals surface area contributed by atoms with Crippen LogP contribution in [0.15, 0.2) is 0 Å². The van der Waals surface area contributed by atoms with Crippen molar-refractivity contribution in [2.45, 2.75) is 90.6 Å². The minimum atomic E-state index is -1.12. The minimum Gasteiger partial charge on any atom is -0.388 e. The highest BCUT2D eigenvalue weighted by atomic mass is 16.7. The van der Waals surface area contributed by atoms with Crippen LogP contribution in [-0.2, 0) is 18.9 Å². The molecule has 0 aliphatic carbocycles. The Morgan fingerprint density at radius 1 is 0.905 bits per heavy atom. The van der Waals surface area contributed by atoms with Gasteiger partial charge in [0.25, 0.3) is 0 Å². The van der Waals surface area contributed by atoms with Crippen molar-refractivity contribution in [3.63, 3.8) is 0 Å². The molecule has 1 rings (SSSR count). The smallest absolute Gasteiger partial charge is 0.184 e. The van der Waals surface area contributed by atoms with E-state index < -0.39 is 30.7 Å². The van der Waals surface area contributed by atoms with E-state index in [-0.39, 0.29) is 24.9 Å². The van der Waals surface area contributed by atoms with Crippen LogP contribution in [0.5, 0.6) is 0 Å². The molecule has 0 aromatic rings. The Morgan fingerprint density at radius 3 is 1.90 bits per heavy atom. The molecule has 0 radical (unpaired) electrons. The maximum absolute atomic E-state index is 10.3. The standard InChI is InChI=1S/C15H30O6/c1-8(2)18-7-11(16)12-13(19-9(3)4)14(15(17)21-12)20-10(5)6/h8-17H,7H2,1-6H3/t11?,12-,13+,14+,15+/m1/s1. The maximum atomic E-state index is 10.3. The van der Waals surface area contributed by atoms with Crippen LogP contribution in [0.2, 0.25) is 0 Å². The zero-order valence-corrected chi connectivity index (χ0v) is 13.9. The van der Waals surface area contributed by atoms with E-state index in [1.54, 1.807) is 0 Å². The van der Waals surface area contributed by atoms with E-state index >= 15 is 0 Å². The second-order valence-corrected chi connectivity index (χ2v) is 6.24. The summed E-state index contributed by atoms with van der Waals surface area (Å²) in [6, 6.07) is 0. The lowest BCUT2D eigenvalue weighted by molar-refractivity contribution is -0.168. The van der Waals surface area contributed by atoms with Crippen LogP contribution >= 0.6 is 0 Å². The molecule has 2 N–H and O–H groups in total. The fourth-order valence-corrected chi connectivity index (χ4v) is 2.29. The van der Waals surface area contributed by atoms with Gasteiger partial charge in [-0.3, -0.25) is 0 Å². The molecule has 21 heavy (non-hydrogen) atoms. The van der Waals surface area contributed by atoms with E-state index in [1.807, 2.05) is 41.5 Å². The second-order valence-electron chi connectivity index (χ2n) is 6.24. The fourth-order valence-electron chi connectivity index (χ4n) is 2.29. The lowest BCUT2D eigenvalue weighted by Gasteiger charge is -2.29. The molecule has 1 unspecified atom stereocenters. The Labute approximate surface area is 127 Å². The summed E-state index contributed by atoms with van der Waals surface area (Å²) in [5.41, 5.74) is 0. The van der Waals surface area contributed by atoms with Crippen LogP contribution in [-0.4, -0.2) is 65.8 Å². The van der Waals surface area contributed by atoms with Gasteiger partial charge >= 0.3 is 0 Å². The molecule has 1 aliphatic heterocycles. The first-order valence-corrected chi connectivity index (χ1v) is 7.66. The Hall–Kier alpha value is -0.240. The van der Waals surface area contributed by atoms with Crippen molar-refractivity contribution in [2.24, 2.45) is 0 Å². The van der Waals surface area contributed by atoms with Gasteiger partial charge in [-0.25, -0.2) is 0 Å². The molecule has 126 valence electrons. The minimum absolute atomic E-state index is 0.0122. The number of aliphatic hydroxyl groups is 2. The molecule has 1 fully saturated rings. The van der Waals surface area contributed by atoms with Gasteiger partial charge in [-0.05, 0) is 41.5 Å². The van der Waals surface area contributed by atoms with E-state index in [2.05, 4.69) is 0 Å². The molecular weight excluding hydrogens is 276 g/mol. The van der Waals surface area contributed by atoms with Gasteiger partial charge in [0.15, 0.2) is 6.29 Å². The second kappa shape index (κ2) is 8.41. The van der Waals surface area contributed by atoms with Gasteiger partial charge in [0.1, 0.15) is 24.4 Å². The quantitative estimate of drug-likeness (QED) is 0.699. The first-order valence-electron chi connectivity index (χ1n) is 7.66. The van der Waals surface area contributed by atoms with Crippen LogP contribution in [0.3, 0.4) is 0 Å². The monoisotopic (exact) mass is 306 g/mol. The number of rotatable bonds is 8. The largest absolute Gasteiger partial charge is 0.388 e. The van der Waals surface area contributed by atoms with Crippen molar-refractivity contribution in [1.82, 2.24) is 0 Å². The molecule has 0 saturated carbocycles. The van der Waals surface area contributed by atoms with E-state index in [1.165, 1.54) is 0 Å². The van der Waals surface area contributed by atoms with Gasteiger partial charge in [0, 0.05) is 0 Å². The summed E-state index contributed by atoms with van der Waals surface area (Å²) >= 11 is 0. The molecule has 0 aromatic carbocycles. The zero-order chi connectivity index (χ0) is 16.2. The van der Waals surface area contributed by atoms with E-state index in [4.69, 9.17) is 18.9 Å². The summed E-state index contributed by atoms with van der Waals surface area (Å²) in [6.07, 6.45) is -3.96. The molecule has 1 aliphatic rings. The Balaban J connectivity index is 2.75. The number of ether oxygens (including phenoxy) is 4. The van der Waals surface area contributed by atoms with Crippen molar-refractivity contribution >= 4 is 0 Å². The third kappa shape index (κ3) is 5.81. The molecule has 0 aromatic heterocycles. The Bertz CT molecular complexity index is 294. The summed E-state index contributed by atoms with van der Waals surface area (Å²) < 4.78 is 22.4. The maximum Gasteiger partial charge on any atom is 0.184 e. The number of aliphatic hydroxyl groups excluding tert-OH is 2. The summed E-state index contributed by atoms with van der Waals surface area (Å²) in [6.45, 7) is 11.5. The normalized spacial score (nSPS) is 31.6. The van der Waals surface area contributed by atoms with Gasteiger partial charge in [0.2, 0.25) is 0 Å². The lowest BCUT2D eigenvalue weighted by Crippen LogP contribution is -2.45. The SMILES string of the molecule is CC(C)OCC(O)[C@H]1O[C@H](O)[C@@H](OC(C)C)[C@H]1OC(C)C. The van der Waals surface area contributed by atoms with Crippen LogP contribution < -0.4 is 0 Å². The van der Waals surface area contributed by atoms with Crippen molar-refractivity contribution in [3.05, 3.63) is 0 Å². The molecule has 6 nitrogen and oxygen atoms in total. The highest BCUT2D eigenvalue weighted by Crippen LogP contribution is 2.29. The summed E-state index contributed by atoms with van der Waals surface area (Å²) in [4.78, 5) is 0.